The van der Waals surface area contributed by atoms with Gasteiger partial charge in [-0.15, -0.1) is 0 Å². The fraction of sp³-hybridized carbons (Fsp3) is 0.923. The van der Waals surface area contributed by atoms with Crippen LogP contribution >= 0.6 is 0 Å². The number of aldehydes is 1. The molecule has 0 heterocycles. The van der Waals surface area contributed by atoms with E-state index in [1.54, 1.807) is 0 Å². The van der Waals surface area contributed by atoms with Gasteiger partial charge in [-0.05, 0) is 12.8 Å². The molecule has 0 saturated heterocycles. The van der Waals surface area contributed by atoms with E-state index in [4.69, 9.17) is 26.8 Å². The summed E-state index contributed by atoms with van der Waals surface area (Å²) in [5.74, 6) is -1.84. The Morgan fingerprint density at radius 1 is 0.595 bits per heavy atom. The molecule has 0 rings (SSSR count). The SMILES string of the molecule is CCCCCCCCCCCC=O.CCCCCCCCCCCCOC(=O)CS(=O)(=O)O.O=S(=O)(O)O.[H-].[H-].[H-].[H-].[Na+].[Na+].[Na+].[Na+]. The van der Waals surface area contributed by atoms with Gasteiger partial charge in [-0.1, -0.05) is 123 Å². The summed E-state index contributed by atoms with van der Waals surface area (Å²) in [7, 11) is -8.93. The third-order valence-corrected chi connectivity index (χ3v) is 6.09. The van der Waals surface area contributed by atoms with Crippen LogP contribution in [0.2, 0.25) is 0 Å². The van der Waals surface area contributed by atoms with Crippen molar-refractivity contribution in [3.05, 3.63) is 0 Å². The van der Waals surface area contributed by atoms with Gasteiger partial charge in [0.1, 0.15) is 6.29 Å². The molecule has 42 heavy (non-hydrogen) atoms. The summed E-state index contributed by atoms with van der Waals surface area (Å²) in [6, 6.07) is 0. The maximum absolute atomic E-state index is 11.0. The number of ether oxygens (including phenoxy) is 1. The number of hydrogen-bond donors (Lipinski definition) is 3. The molecule has 0 aromatic rings. The molecule has 0 saturated carbocycles. The average molecular weight is 687 g/mol. The predicted molar refractivity (Wildman–Crippen MR) is 156 cm³/mol. The van der Waals surface area contributed by atoms with E-state index < -0.39 is 32.2 Å². The molecular formula is C26H58Na4O10S2. The average Bonchev–Trinajstić information content (AvgIpc) is 2.80. The summed E-state index contributed by atoms with van der Waals surface area (Å²) >= 11 is 0. The number of hydrogen-bond acceptors (Lipinski definition) is 7. The number of carbonyl (C=O) groups excluding carboxylic acids is 2. The number of unbranched alkanes of at least 4 members (excludes halogenated alkanes) is 18. The molecule has 0 radical (unpaired) electrons. The number of carbonyl (C=O) groups is 2. The maximum Gasteiger partial charge on any atom is 1.00 e. The first-order valence-corrected chi connectivity index (χ1v) is 17.1. The molecule has 0 amide bonds. The minimum Gasteiger partial charge on any atom is -1.00 e. The van der Waals surface area contributed by atoms with E-state index >= 15 is 0 Å². The number of rotatable bonds is 23. The molecule has 10 nitrogen and oxygen atoms in total. The smallest absolute Gasteiger partial charge is 1.00 e. The Labute approximate surface area is 351 Å². The van der Waals surface area contributed by atoms with E-state index in [0.717, 1.165) is 38.4 Å². The van der Waals surface area contributed by atoms with Crippen molar-refractivity contribution in [2.24, 2.45) is 0 Å². The molecule has 0 aliphatic rings. The van der Waals surface area contributed by atoms with Crippen LogP contribution in [-0.4, -0.2) is 55.1 Å². The molecule has 0 aromatic carbocycles. The van der Waals surface area contributed by atoms with Crippen LogP contribution in [0.3, 0.4) is 0 Å². The summed E-state index contributed by atoms with van der Waals surface area (Å²) < 4.78 is 65.5. The molecule has 0 aliphatic heterocycles. The first-order chi connectivity index (χ1) is 17.9. The van der Waals surface area contributed by atoms with Gasteiger partial charge in [-0.25, -0.2) is 0 Å². The second-order valence-electron chi connectivity index (χ2n) is 9.36. The Hall–Kier alpha value is 2.92. The van der Waals surface area contributed by atoms with Gasteiger partial charge in [-0.3, -0.25) is 18.5 Å². The second kappa shape index (κ2) is 46.0. The van der Waals surface area contributed by atoms with E-state index in [2.05, 4.69) is 13.8 Å². The normalized spacial score (nSPS) is 10.0. The van der Waals surface area contributed by atoms with Gasteiger partial charge in [-0.2, -0.15) is 16.8 Å². The molecule has 16 heteroatoms. The van der Waals surface area contributed by atoms with Crippen molar-refractivity contribution in [3.63, 3.8) is 0 Å². The van der Waals surface area contributed by atoms with Crippen molar-refractivity contribution in [3.8, 4) is 0 Å². The first-order valence-electron chi connectivity index (χ1n) is 14.1. The molecular weight excluding hydrogens is 628 g/mol. The summed E-state index contributed by atoms with van der Waals surface area (Å²) in [6.07, 6.45) is 25.6. The van der Waals surface area contributed by atoms with Crippen LogP contribution in [0.4, 0.5) is 0 Å². The van der Waals surface area contributed by atoms with Crippen LogP contribution in [0.25, 0.3) is 0 Å². The molecule has 238 valence electrons. The summed E-state index contributed by atoms with van der Waals surface area (Å²) in [5, 5.41) is 0. The Morgan fingerprint density at radius 3 is 1.17 bits per heavy atom. The Balaban J connectivity index is -0.0000000464. The van der Waals surface area contributed by atoms with Gasteiger partial charge < -0.3 is 15.2 Å². The zero-order valence-corrected chi connectivity index (χ0v) is 37.3. The van der Waals surface area contributed by atoms with Gasteiger partial charge in [0, 0.05) is 6.42 Å². The van der Waals surface area contributed by atoms with Crippen molar-refractivity contribution in [1.29, 1.82) is 0 Å². The van der Waals surface area contributed by atoms with Gasteiger partial charge in [0.2, 0.25) is 0 Å². The maximum atomic E-state index is 11.0. The van der Waals surface area contributed by atoms with Crippen molar-refractivity contribution < 1.29 is 169 Å². The van der Waals surface area contributed by atoms with Crippen LogP contribution in [0.1, 0.15) is 148 Å². The van der Waals surface area contributed by atoms with Gasteiger partial charge in [0.25, 0.3) is 10.1 Å². The molecule has 0 spiro atoms. The third kappa shape index (κ3) is 78.9. The summed E-state index contributed by atoms with van der Waals surface area (Å²) in [5.41, 5.74) is 0. The van der Waals surface area contributed by atoms with Gasteiger partial charge >= 0.3 is 135 Å². The van der Waals surface area contributed by atoms with Crippen LogP contribution in [0.15, 0.2) is 0 Å². The third-order valence-electron chi connectivity index (χ3n) is 5.49. The Kier molecular flexibility index (Phi) is 66.1. The van der Waals surface area contributed by atoms with Crippen molar-refractivity contribution in [2.75, 3.05) is 12.4 Å². The van der Waals surface area contributed by atoms with Crippen molar-refractivity contribution in [1.82, 2.24) is 0 Å². The Bertz CT molecular complexity index is 753. The van der Waals surface area contributed by atoms with E-state index in [0.29, 0.717) is 0 Å². The van der Waals surface area contributed by atoms with Gasteiger partial charge in [0.05, 0.1) is 6.61 Å². The fourth-order valence-corrected chi connectivity index (χ4v) is 3.89. The molecule has 0 aromatic heterocycles. The second-order valence-corrected chi connectivity index (χ2v) is 11.7. The van der Waals surface area contributed by atoms with Crippen molar-refractivity contribution in [2.45, 2.75) is 142 Å². The van der Waals surface area contributed by atoms with E-state index in [9.17, 15) is 18.0 Å². The quantitative estimate of drug-likeness (QED) is 0.0312. The minimum absolute atomic E-state index is 0. The monoisotopic (exact) mass is 686 g/mol. The first kappa shape index (κ1) is 60.3. The fourth-order valence-electron chi connectivity index (χ4n) is 3.50. The van der Waals surface area contributed by atoms with Crippen LogP contribution in [0.5, 0.6) is 0 Å². The van der Waals surface area contributed by atoms with Crippen LogP contribution in [-0.2, 0) is 34.8 Å². The molecule has 0 atom stereocenters. The Morgan fingerprint density at radius 2 is 0.881 bits per heavy atom. The molecule has 0 bridgehead atoms. The van der Waals surface area contributed by atoms with E-state index in [1.165, 1.54) is 96.3 Å². The van der Waals surface area contributed by atoms with Crippen molar-refractivity contribution >= 4 is 32.8 Å². The van der Waals surface area contributed by atoms with Gasteiger partial charge in [0.15, 0.2) is 5.75 Å². The minimum atomic E-state index is -4.67. The number of esters is 1. The van der Waals surface area contributed by atoms with E-state index in [-0.39, 0.29) is 131 Å². The largest absolute Gasteiger partial charge is 1.00 e. The van der Waals surface area contributed by atoms with Crippen LogP contribution in [0, 0.1) is 0 Å². The molecule has 0 unspecified atom stereocenters. The zero-order valence-electron chi connectivity index (χ0n) is 31.6. The summed E-state index contributed by atoms with van der Waals surface area (Å²) in [6.45, 7) is 4.69. The molecule has 3 N–H and O–H groups in total. The standard InChI is InChI=1S/C14H28O5S.C12H24O.4Na.H2O4S.4H/c1-2-3-4-5-6-7-8-9-10-11-12-19-14(15)13-20(16,17)18;1-2-3-4-5-6-7-8-9-10-11-12-13;;;;;1-5(2,3)4;;;;/h2-13H2,1H3,(H,16,17,18);12H,2-11H2,1H3;;;;;(H2,1,2,3,4);;;;/q;;4*+1;;4*-1. The van der Waals surface area contributed by atoms with Crippen LogP contribution < -0.4 is 118 Å². The zero-order chi connectivity index (χ0) is 29.5. The summed E-state index contributed by atoms with van der Waals surface area (Å²) in [4.78, 5) is 21.0. The predicted octanol–water partition coefficient (Wildman–Crippen LogP) is -4.74. The molecule has 0 fully saturated rings. The topological polar surface area (TPSA) is 172 Å². The van der Waals surface area contributed by atoms with E-state index in [1.807, 2.05) is 0 Å². The molecule has 0 aliphatic carbocycles.